The lowest BCUT2D eigenvalue weighted by Gasteiger charge is -2.31. The first-order chi connectivity index (χ1) is 7.92. The quantitative estimate of drug-likeness (QED) is 0.788. The van der Waals surface area contributed by atoms with Crippen LogP contribution >= 0.6 is 15.9 Å². The van der Waals surface area contributed by atoms with Crippen LogP contribution in [-0.2, 0) is 14.9 Å². The predicted octanol–water partition coefficient (Wildman–Crippen LogP) is 3.93. The van der Waals surface area contributed by atoms with Crippen LogP contribution in [-0.4, -0.2) is 12.6 Å². The van der Waals surface area contributed by atoms with Crippen molar-refractivity contribution in [3.8, 4) is 0 Å². The molecule has 0 aliphatic rings. The maximum atomic E-state index is 12.2. The van der Waals surface area contributed by atoms with E-state index < -0.39 is 5.41 Å². The molecule has 0 N–H and O–H groups in total. The summed E-state index contributed by atoms with van der Waals surface area (Å²) >= 11 is 3.44. The summed E-state index contributed by atoms with van der Waals surface area (Å²) in [6.45, 7) is 8.27. The van der Waals surface area contributed by atoms with E-state index >= 15 is 0 Å². The van der Waals surface area contributed by atoms with Crippen LogP contribution in [0.25, 0.3) is 0 Å². The normalized spacial score (nSPS) is 14.5. The molecule has 0 radical (unpaired) electrons. The van der Waals surface area contributed by atoms with Gasteiger partial charge in [-0.05, 0) is 37.5 Å². The van der Waals surface area contributed by atoms with Gasteiger partial charge >= 0.3 is 5.97 Å². The number of ether oxygens (including phenoxy) is 1. The molecule has 0 aliphatic heterocycles. The Morgan fingerprint density at radius 3 is 2.59 bits per heavy atom. The van der Waals surface area contributed by atoms with E-state index in [0.29, 0.717) is 6.61 Å². The Bertz CT molecular complexity index is 401. The number of benzene rings is 1. The Morgan fingerprint density at radius 2 is 2.12 bits per heavy atom. The Hall–Kier alpha value is -0.830. The third kappa shape index (κ3) is 2.89. The average molecular weight is 299 g/mol. The molecule has 3 heteroatoms. The lowest BCUT2D eigenvalue weighted by Crippen LogP contribution is -2.39. The SMILES string of the molecule is CCOC(=O)C(C)(c1cccc(Br)c1)C(C)C. The van der Waals surface area contributed by atoms with Crippen molar-refractivity contribution in [1.82, 2.24) is 0 Å². The smallest absolute Gasteiger partial charge is 0.316 e. The molecule has 0 amide bonds. The standard InChI is InChI=1S/C14H19BrO2/c1-5-17-13(16)14(4,10(2)3)11-7-6-8-12(15)9-11/h6-10H,5H2,1-4H3. The molecule has 0 saturated heterocycles. The van der Waals surface area contributed by atoms with E-state index in [1.54, 1.807) is 0 Å². The minimum atomic E-state index is -0.597. The van der Waals surface area contributed by atoms with Crippen molar-refractivity contribution in [3.05, 3.63) is 34.3 Å². The van der Waals surface area contributed by atoms with E-state index in [-0.39, 0.29) is 11.9 Å². The highest BCUT2D eigenvalue weighted by molar-refractivity contribution is 9.10. The summed E-state index contributed by atoms with van der Waals surface area (Å²) in [7, 11) is 0. The molecule has 0 saturated carbocycles. The fourth-order valence-electron chi connectivity index (χ4n) is 1.78. The lowest BCUT2D eigenvalue weighted by molar-refractivity contribution is -0.151. The highest BCUT2D eigenvalue weighted by Gasteiger charge is 2.39. The second-order valence-corrected chi connectivity index (χ2v) is 5.50. The van der Waals surface area contributed by atoms with Gasteiger partial charge in [-0.3, -0.25) is 4.79 Å². The molecule has 2 nitrogen and oxygen atoms in total. The molecule has 1 unspecified atom stereocenters. The van der Waals surface area contributed by atoms with Crippen molar-refractivity contribution in [2.24, 2.45) is 5.92 Å². The Morgan fingerprint density at radius 1 is 1.47 bits per heavy atom. The Labute approximate surface area is 111 Å². The van der Waals surface area contributed by atoms with E-state index in [9.17, 15) is 4.79 Å². The van der Waals surface area contributed by atoms with Crippen LogP contribution in [0.3, 0.4) is 0 Å². The Kier molecular flexibility index (Phi) is 4.75. The predicted molar refractivity (Wildman–Crippen MR) is 73.0 cm³/mol. The molecule has 1 atom stereocenters. The molecule has 0 spiro atoms. The van der Waals surface area contributed by atoms with Crippen molar-refractivity contribution in [2.75, 3.05) is 6.61 Å². The molecule has 0 aliphatic carbocycles. The zero-order chi connectivity index (χ0) is 13.1. The van der Waals surface area contributed by atoms with E-state index in [0.717, 1.165) is 10.0 Å². The molecule has 0 fully saturated rings. The first-order valence-electron chi connectivity index (χ1n) is 5.86. The van der Waals surface area contributed by atoms with Crippen LogP contribution in [0.1, 0.15) is 33.3 Å². The number of esters is 1. The molecular formula is C14H19BrO2. The first kappa shape index (κ1) is 14.2. The van der Waals surface area contributed by atoms with E-state index in [1.807, 2.05) is 52.0 Å². The third-order valence-electron chi connectivity index (χ3n) is 3.28. The van der Waals surface area contributed by atoms with Gasteiger partial charge in [-0.15, -0.1) is 0 Å². The number of carbonyl (C=O) groups is 1. The van der Waals surface area contributed by atoms with Crippen LogP contribution in [0.15, 0.2) is 28.7 Å². The summed E-state index contributed by atoms with van der Waals surface area (Å²) < 4.78 is 6.19. The van der Waals surface area contributed by atoms with Crippen molar-refractivity contribution in [3.63, 3.8) is 0 Å². The summed E-state index contributed by atoms with van der Waals surface area (Å²) in [5.41, 5.74) is 0.389. The number of halogens is 1. The maximum Gasteiger partial charge on any atom is 0.316 e. The summed E-state index contributed by atoms with van der Waals surface area (Å²) in [6, 6.07) is 7.85. The third-order valence-corrected chi connectivity index (χ3v) is 3.77. The van der Waals surface area contributed by atoms with Gasteiger partial charge in [0.2, 0.25) is 0 Å². The summed E-state index contributed by atoms with van der Waals surface area (Å²) in [6.07, 6.45) is 0. The molecule has 0 aromatic heterocycles. The second kappa shape index (κ2) is 5.67. The van der Waals surface area contributed by atoms with Crippen LogP contribution in [0, 0.1) is 5.92 Å². The van der Waals surface area contributed by atoms with Crippen LogP contribution < -0.4 is 0 Å². The monoisotopic (exact) mass is 298 g/mol. The minimum absolute atomic E-state index is 0.159. The van der Waals surface area contributed by atoms with E-state index in [2.05, 4.69) is 15.9 Å². The topological polar surface area (TPSA) is 26.3 Å². The van der Waals surface area contributed by atoms with Crippen LogP contribution in [0.5, 0.6) is 0 Å². The van der Waals surface area contributed by atoms with Gasteiger partial charge in [-0.2, -0.15) is 0 Å². The molecular weight excluding hydrogens is 280 g/mol. The second-order valence-electron chi connectivity index (χ2n) is 4.59. The van der Waals surface area contributed by atoms with Gasteiger partial charge in [0.15, 0.2) is 0 Å². The van der Waals surface area contributed by atoms with Crippen LogP contribution in [0.4, 0.5) is 0 Å². The number of hydrogen-bond acceptors (Lipinski definition) is 2. The van der Waals surface area contributed by atoms with Crippen LogP contribution in [0.2, 0.25) is 0 Å². The lowest BCUT2D eigenvalue weighted by atomic mass is 9.73. The summed E-state index contributed by atoms with van der Waals surface area (Å²) in [5, 5.41) is 0. The van der Waals surface area contributed by atoms with Gasteiger partial charge in [0, 0.05) is 4.47 Å². The van der Waals surface area contributed by atoms with Gasteiger partial charge < -0.3 is 4.74 Å². The van der Waals surface area contributed by atoms with Crippen molar-refractivity contribution in [2.45, 2.75) is 33.1 Å². The van der Waals surface area contributed by atoms with Crippen molar-refractivity contribution >= 4 is 21.9 Å². The minimum Gasteiger partial charge on any atom is -0.465 e. The summed E-state index contributed by atoms with van der Waals surface area (Å²) in [5.74, 6) is 0.0175. The van der Waals surface area contributed by atoms with Gasteiger partial charge in [0.25, 0.3) is 0 Å². The maximum absolute atomic E-state index is 12.2. The molecule has 1 aromatic carbocycles. The van der Waals surface area contributed by atoms with Gasteiger partial charge in [0.05, 0.1) is 12.0 Å². The molecule has 1 rings (SSSR count). The molecule has 17 heavy (non-hydrogen) atoms. The first-order valence-corrected chi connectivity index (χ1v) is 6.65. The van der Waals surface area contributed by atoms with Gasteiger partial charge in [-0.1, -0.05) is 41.9 Å². The fourth-order valence-corrected chi connectivity index (χ4v) is 2.18. The van der Waals surface area contributed by atoms with Crippen molar-refractivity contribution in [1.29, 1.82) is 0 Å². The Balaban J connectivity index is 3.20. The average Bonchev–Trinajstić information content (AvgIpc) is 2.27. The number of hydrogen-bond donors (Lipinski definition) is 0. The highest BCUT2D eigenvalue weighted by Crippen LogP contribution is 2.34. The largest absolute Gasteiger partial charge is 0.465 e. The zero-order valence-electron chi connectivity index (χ0n) is 10.8. The molecule has 0 heterocycles. The molecule has 0 bridgehead atoms. The number of carbonyl (C=O) groups excluding carboxylic acids is 1. The van der Waals surface area contributed by atoms with Gasteiger partial charge in [-0.25, -0.2) is 0 Å². The fraction of sp³-hybridized carbons (Fsp3) is 0.500. The van der Waals surface area contributed by atoms with Crippen molar-refractivity contribution < 1.29 is 9.53 Å². The van der Waals surface area contributed by atoms with Gasteiger partial charge in [0.1, 0.15) is 0 Å². The van der Waals surface area contributed by atoms with E-state index in [4.69, 9.17) is 4.74 Å². The highest BCUT2D eigenvalue weighted by atomic mass is 79.9. The molecule has 1 aromatic rings. The molecule has 94 valence electrons. The summed E-state index contributed by atoms with van der Waals surface area (Å²) in [4.78, 5) is 12.2. The zero-order valence-corrected chi connectivity index (χ0v) is 12.4. The number of rotatable bonds is 4. The van der Waals surface area contributed by atoms with E-state index in [1.165, 1.54) is 0 Å².